The summed E-state index contributed by atoms with van der Waals surface area (Å²) in [6.45, 7) is 8.93. The highest BCUT2D eigenvalue weighted by Gasteiger charge is 2.30. The van der Waals surface area contributed by atoms with Crippen LogP contribution in [0.3, 0.4) is 0 Å². The van der Waals surface area contributed by atoms with Crippen molar-refractivity contribution in [2.75, 3.05) is 107 Å². The molecule has 0 heterocycles. The number of thiocarbonyl (C=S) groups is 4. The molecule has 12 nitrogen and oxygen atoms in total. The van der Waals surface area contributed by atoms with Crippen LogP contribution in [0.5, 0.6) is 0 Å². The summed E-state index contributed by atoms with van der Waals surface area (Å²) >= 11 is 20.4. The van der Waals surface area contributed by atoms with E-state index in [0.717, 1.165) is 91.1 Å². The smallest absolute Gasteiger partial charge is 0.166 e. The van der Waals surface area contributed by atoms with Crippen LogP contribution in [0.2, 0.25) is 0 Å². The Labute approximate surface area is 275 Å². The van der Waals surface area contributed by atoms with Gasteiger partial charge in [0.2, 0.25) is 0 Å². The molecule has 10 N–H and O–H groups in total. The maximum atomic E-state index is 5.61. The van der Waals surface area contributed by atoms with Crippen LogP contribution in [-0.4, -0.2) is 138 Å². The molecule has 242 valence electrons. The van der Waals surface area contributed by atoms with E-state index in [9.17, 15) is 0 Å². The molecular formula is C26H54N12S4. The number of nitrogens with zero attached hydrogens (tertiary/aromatic N) is 2. The minimum Gasteiger partial charge on any atom is -0.363 e. The van der Waals surface area contributed by atoms with E-state index in [-0.39, 0.29) is 11.1 Å². The SMILES string of the molecule is CNCC(CNC)(CNCCNCC(CNC)(CNC)NC(=S)NCCCCN=C=S)NC(=S)NCCCCN=C=S. The molecule has 16 heteroatoms. The van der Waals surface area contributed by atoms with Gasteiger partial charge in [0.05, 0.1) is 21.4 Å². The lowest BCUT2D eigenvalue weighted by Gasteiger charge is -2.37. The highest BCUT2D eigenvalue weighted by atomic mass is 32.1. The Morgan fingerprint density at radius 2 is 0.905 bits per heavy atom. The molecule has 0 aliphatic carbocycles. The fraction of sp³-hybridized carbons (Fsp3) is 0.846. The van der Waals surface area contributed by atoms with Crippen molar-refractivity contribution in [2.45, 2.75) is 36.8 Å². The molecule has 0 aromatic carbocycles. The van der Waals surface area contributed by atoms with Crippen LogP contribution in [-0.2, 0) is 0 Å². The molecule has 0 fully saturated rings. The highest BCUT2D eigenvalue weighted by Crippen LogP contribution is 2.03. The first kappa shape index (κ1) is 40.7. The summed E-state index contributed by atoms with van der Waals surface area (Å²) in [5.41, 5.74) is -0.598. The van der Waals surface area contributed by atoms with Crippen LogP contribution < -0.4 is 53.2 Å². The second kappa shape index (κ2) is 27.3. The largest absolute Gasteiger partial charge is 0.363 e. The van der Waals surface area contributed by atoms with Crippen molar-refractivity contribution >= 4 is 69.4 Å². The summed E-state index contributed by atoms with van der Waals surface area (Å²) in [6.07, 6.45) is 3.80. The van der Waals surface area contributed by atoms with Gasteiger partial charge >= 0.3 is 0 Å². The fourth-order valence-corrected chi connectivity index (χ4v) is 5.34. The zero-order valence-electron chi connectivity index (χ0n) is 25.8. The predicted molar refractivity (Wildman–Crippen MR) is 193 cm³/mol. The zero-order chi connectivity index (χ0) is 31.4. The number of rotatable bonds is 27. The minimum absolute atomic E-state index is 0.299. The summed E-state index contributed by atoms with van der Waals surface area (Å²) < 4.78 is 0. The third-order valence-corrected chi connectivity index (χ3v) is 7.07. The second-order valence-electron chi connectivity index (χ2n) is 10.2. The van der Waals surface area contributed by atoms with Gasteiger partial charge < -0.3 is 53.2 Å². The van der Waals surface area contributed by atoms with Crippen LogP contribution >= 0.6 is 48.9 Å². The first-order valence-electron chi connectivity index (χ1n) is 14.6. The Kier molecular flexibility index (Phi) is 26.5. The number of likely N-dealkylation sites (N-methyl/N-ethyl adjacent to an activating group) is 4. The number of nitrogens with one attached hydrogen (secondary N) is 10. The normalized spacial score (nSPS) is 11.2. The van der Waals surface area contributed by atoms with E-state index in [0.29, 0.717) is 23.3 Å². The average Bonchev–Trinajstić information content (AvgIpc) is 2.95. The Balaban J connectivity index is 4.82. The minimum atomic E-state index is -0.299. The van der Waals surface area contributed by atoms with Crippen molar-refractivity contribution in [3.8, 4) is 0 Å². The van der Waals surface area contributed by atoms with E-state index >= 15 is 0 Å². The molecule has 0 unspecified atom stereocenters. The van der Waals surface area contributed by atoms with Crippen molar-refractivity contribution in [3.05, 3.63) is 0 Å². The lowest BCUT2D eigenvalue weighted by molar-refractivity contribution is 0.320. The van der Waals surface area contributed by atoms with Crippen molar-refractivity contribution in [1.29, 1.82) is 0 Å². The summed E-state index contributed by atoms with van der Waals surface area (Å²) in [6, 6.07) is 0. The number of hydrogen-bond acceptors (Lipinski definition) is 12. The lowest BCUT2D eigenvalue weighted by Crippen LogP contribution is -2.66. The molecule has 0 rings (SSSR count). The Bertz CT molecular complexity index is 741. The van der Waals surface area contributed by atoms with Gasteiger partial charge in [-0.3, -0.25) is 0 Å². The van der Waals surface area contributed by atoms with E-state index in [1.807, 2.05) is 28.2 Å². The molecule has 0 aromatic heterocycles. The Morgan fingerprint density at radius 1 is 0.548 bits per heavy atom. The highest BCUT2D eigenvalue weighted by molar-refractivity contribution is 7.80. The molecule has 0 aliphatic rings. The van der Waals surface area contributed by atoms with Gasteiger partial charge in [-0.25, -0.2) is 9.98 Å². The van der Waals surface area contributed by atoms with Crippen LogP contribution in [0.4, 0.5) is 0 Å². The first-order chi connectivity index (χ1) is 20.4. The lowest BCUT2D eigenvalue weighted by atomic mass is 9.99. The predicted octanol–water partition coefficient (Wildman–Crippen LogP) is -0.785. The van der Waals surface area contributed by atoms with E-state index in [1.165, 1.54) is 0 Å². The van der Waals surface area contributed by atoms with Crippen molar-refractivity contribution < 1.29 is 0 Å². The molecule has 0 amide bonds. The number of isothiocyanates is 2. The van der Waals surface area contributed by atoms with E-state index < -0.39 is 0 Å². The summed E-state index contributed by atoms with van der Waals surface area (Å²) in [4.78, 5) is 7.90. The molecule has 0 bridgehead atoms. The summed E-state index contributed by atoms with van der Waals surface area (Å²) in [7, 11) is 7.80. The number of unbranched alkanes of at least 4 members (excludes halogenated alkanes) is 2. The topological polar surface area (TPSA) is 145 Å². The average molecular weight is 663 g/mol. The molecule has 42 heavy (non-hydrogen) atoms. The molecule has 0 spiro atoms. The second-order valence-corrected chi connectivity index (χ2v) is 11.3. The van der Waals surface area contributed by atoms with Gasteiger partial charge in [-0.05, 0) is 103 Å². The molecule has 0 saturated heterocycles. The van der Waals surface area contributed by atoms with E-state index in [2.05, 4.69) is 97.9 Å². The van der Waals surface area contributed by atoms with Crippen LogP contribution in [0.25, 0.3) is 0 Å². The molecule has 0 saturated carbocycles. The summed E-state index contributed by atoms with van der Waals surface area (Å²) in [5, 5.41) is 40.2. The Morgan fingerprint density at radius 3 is 1.21 bits per heavy atom. The van der Waals surface area contributed by atoms with Gasteiger partial charge in [-0.2, -0.15) is 0 Å². The van der Waals surface area contributed by atoms with Crippen molar-refractivity contribution in [2.24, 2.45) is 9.98 Å². The quantitative estimate of drug-likeness (QED) is 0.0305. The molecule has 0 aliphatic heterocycles. The maximum absolute atomic E-state index is 5.61. The number of aliphatic imine (C=N–C) groups is 2. The number of hydrogen-bond donors (Lipinski definition) is 10. The zero-order valence-corrected chi connectivity index (χ0v) is 29.1. The molecule has 0 aromatic rings. The third-order valence-electron chi connectivity index (χ3n) is 6.32. The third kappa shape index (κ3) is 20.6. The van der Waals surface area contributed by atoms with Crippen LogP contribution in [0.15, 0.2) is 9.98 Å². The standard InChI is InChI=1S/C26H54N12S4/c1-27-15-25(16-28-2,37-23(41)35-11-7-5-9-33-21-39)19-31-13-14-32-20-26(17-29-3,18-30-4)38-24(42)36-12-8-6-10-34-22-40/h27-32H,5-20H2,1-4H3,(H2,35,37,41)(H2,36,38,42). The van der Waals surface area contributed by atoms with Gasteiger partial charge in [0.25, 0.3) is 0 Å². The molecule has 0 radical (unpaired) electrons. The van der Waals surface area contributed by atoms with Crippen LogP contribution in [0, 0.1) is 0 Å². The van der Waals surface area contributed by atoms with E-state index in [4.69, 9.17) is 24.4 Å². The maximum Gasteiger partial charge on any atom is 0.166 e. The van der Waals surface area contributed by atoms with Gasteiger partial charge in [0.15, 0.2) is 10.2 Å². The van der Waals surface area contributed by atoms with Gasteiger partial charge in [-0.15, -0.1) is 0 Å². The van der Waals surface area contributed by atoms with Gasteiger partial charge in [0, 0.05) is 78.5 Å². The van der Waals surface area contributed by atoms with E-state index in [1.54, 1.807) is 0 Å². The van der Waals surface area contributed by atoms with Gasteiger partial charge in [0.1, 0.15) is 0 Å². The van der Waals surface area contributed by atoms with Crippen molar-refractivity contribution in [1.82, 2.24) is 53.2 Å². The fourth-order valence-electron chi connectivity index (χ4n) is 4.52. The van der Waals surface area contributed by atoms with Crippen LogP contribution in [0.1, 0.15) is 25.7 Å². The first-order valence-corrected chi connectivity index (χ1v) is 16.2. The molecular weight excluding hydrogens is 609 g/mol. The monoisotopic (exact) mass is 662 g/mol. The molecule has 0 atom stereocenters. The van der Waals surface area contributed by atoms with Gasteiger partial charge in [-0.1, -0.05) is 0 Å². The summed E-state index contributed by atoms with van der Waals surface area (Å²) in [5.74, 6) is 0. The Hall–Kier alpha value is -1.26. The van der Waals surface area contributed by atoms with Crippen molar-refractivity contribution in [3.63, 3.8) is 0 Å².